The fourth-order valence-corrected chi connectivity index (χ4v) is 1.55. The molecule has 0 aromatic heterocycles. The highest BCUT2D eigenvalue weighted by molar-refractivity contribution is 7.99. The smallest absolute Gasteiger partial charge is 0.251 e. The number of anilines is 1. The normalized spacial score (nSPS) is 11.1. The summed E-state index contributed by atoms with van der Waals surface area (Å²) in [5, 5.41) is 2.90. The first-order valence-corrected chi connectivity index (χ1v) is 6.88. The monoisotopic (exact) mass is 268 g/mol. The van der Waals surface area contributed by atoms with Gasteiger partial charge in [-0.3, -0.25) is 4.79 Å². The Balaban J connectivity index is 2.75. The van der Waals surface area contributed by atoms with Crippen molar-refractivity contribution in [2.24, 2.45) is 0 Å². The summed E-state index contributed by atoms with van der Waals surface area (Å²) in [6.45, 7) is 4.76. The van der Waals surface area contributed by atoms with Gasteiger partial charge in [0.25, 0.3) is 5.91 Å². The van der Waals surface area contributed by atoms with Gasteiger partial charge in [0.05, 0.1) is 7.11 Å². The molecule has 0 aliphatic heterocycles. The van der Waals surface area contributed by atoms with Crippen molar-refractivity contribution in [3.8, 4) is 5.75 Å². The molecule has 0 aliphatic carbocycles. The molecule has 1 amide bonds. The van der Waals surface area contributed by atoms with E-state index in [1.165, 1.54) is 0 Å². The van der Waals surface area contributed by atoms with E-state index in [4.69, 9.17) is 10.5 Å². The number of methoxy groups -OCH3 is 1. The van der Waals surface area contributed by atoms with Gasteiger partial charge in [-0.15, -0.1) is 0 Å². The van der Waals surface area contributed by atoms with Crippen LogP contribution >= 0.6 is 11.8 Å². The lowest BCUT2D eigenvalue weighted by Crippen LogP contribution is -2.36. The second-order valence-corrected chi connectivity index (χ2v) is 6.15. The second-order valence-electron chi connectivity index (χ2n) is 4.64. The first-order chi connectivity index (χ1) is 8.38. The Morgan fingerprint density at radius 1 is 1.44 bits per heavy atom. The number of nitrogen functional groups attached to an aromatic ring is 1. The SMILES string of the molecule is COc1cc(N)cc(C(=O)NCC(C)(C)SC)c1. The third-order valence-corrected chi connectivity index (χ3v) is 3.90. The minimum absolute atomic E-state index is 0.0140. The Kier molecular flexibility index (Phi) is 4.90. The lowest BCUT2D eigenvalue weighted by Gasteiger charge is -2.22. The van der Waals surface area contributed by atoms with E-state index in [2.05, 4.69) is 19.2 Å². The lowest BCUT2D eigenvalue weighted by molar-refractivity contribution is 0.0950. The van der Waals surface area contributed by atoms with Crippen LogP contribution in [0.5, 0.6) is 5.75 Å². The topological polar surface area (TPSA) is 64.3 Å². The van der Waals surface area contributed by atoms with Crippen LogP contribution in [-0.2, 0) is 0 Å². The molecule has 0 aliphatic rings. The highest BCUT2D eigenvalue weighted by atomic mass is 32.2. The maximum atomic E-state index is 12.0. The van der Waals surface area contributed by atoms with Crippen molar-refractivity contribution < 1.29 is 9.53 Å². The van der Waals surface area contributed by atoms with Crippen molar-refractivity contribution >= 4 is 23.4 Å². The van der Waals surface area contributed by atoms with Crippen LogP contribution in [0.1, 0.15) is 24.2 Å². The molecule has 18 heavy (non-hydrogen) atoms. The highest BCUT2D eigenvalue weighted by Crippen LogP contribution is 2.21. The fourth-order valence-electron chi connectivity index (χ4n) is 1.34. The van der Waals surface area contributed by atoms with Gasteiger partial charge >= 0.3 is 0 Å². The number of benzene rings is 1. The van der Waals surface area contributed by atoms with Gasteiger partial charge in [0, 0.05) is 28.6 Å². The molecule has 1 rings (SSSR count). The zero-order chi connectivity index (χ0) is 13.8. The molecule has 3 N–H and O–H groups in total. The zero-order valence-corrected chi connectivity index (χ0v) is 12.1. The average Bonchev–Trinajstić information content (AvgIpc) is 2.35. The van der Waals surface area contributed by atoms with E-state index in [9.17, 15) is 4.79 Å². The van der Waals surface area contributed by atoms with Gasteiger partial charge in [-0.25, -0.2) is 0 Å². The number of hydrogen-bond donors (Lipinski definition) is 2. The molecule has 5 heteroatoms. The minimum Gasteiger partial charge on any atom is -0.497 e. The van der Waals surface area contributed by atoms with Crippen LogP contribution in [-0.4, -0.2) is 30.6 Å². The molecule has 0 heterocycles. The Morgan fingerprint density at radius 2 is 2.11 bits per heavy atom. The summed E-state index contributed by atoms with van der Waals surface area (Å²) >= 11 is 1.71. The maximum Gasteiger partial charge on any atom is 0.251 e. The van der Waals surface area contributed by atoms with Crippen LogP contribution in [0.25, 0.3) is 0 Å². The van der Waals surface area contributed by atoms with Crippen LogP contribution in [0, 0.1) is 0 Å². The first kappa shape index (κ1) is 14.7. The number of nitrogens with two attached hydrogens (primary N) is 1. The number of carbonyl (C=O) groups is 1. The largest absolute Gasteiger partial charge is 0.497 e. The van der Waals surface area contributed by atoms with E-state index in [-0.39, 0.29) is 10.7 Å². The Hall–Kier alpha value is -1.36. The van der Waals surface area contributed by atoms with Crippen molar-refractivity contribution in [1.82, 2.24) is 5.32 Å². The molecule has 4 nitrogen and oxygen atoms in total. The van der Waals surface area contributed by atoms with Crippen LogP contribution in [0.2, 0.25) is 0 Å². The molecular formula is C13H20N2O2S. The Bertz CT molecular complexity index is 433. The summed E-state index contributed by atoms with van der Waals surface area (Å²) < 4.78 is 5.10. The quantitative estimate of drug-likeness (QED) is 0.803. The van der Waals surface area contributed by atoms with Gasteiger partial charge in [0.2, 0.25) is 0 Å². The van der Waals surface area contributed by atoms with Gasteiger partial charge in [-0.2, -0.15) is 11.8 Å². The standard InChI is InChI=1S/C13H20N2O2S/c1-13(2,18-4)8-15-12(16)9-5-10(14)7-11(6-9)17-3/h5-7H,8,14H2,1-4H3,(H,15,16). The summed E-state index contributed by atoms with van der Waals surface area (Å²) in [4.78, 5) is 12.0. The van der Waals surface area contributed by atoms with Crippen molar-refractivity contribution in [2.45, 2.75) is 18.6 Å². The third-order valence-electron chi connectivity index (χ3n) is 2.65. The predicted molar refractivity (Wildman–Crippen MR) is 77.3 cm³/mol. The molecule has 1 aromatic carbocycles. The van der Waals surface area contributed by atoms with E-state index in [0.717, 1.165) is 0 Å². The van der Waals surface area contributed by atoms with Crippen LogP contribution < -0.4 is 15.8 Å². The molecule has 100 valence electrons. The summed E-state index contributed by atoms with van der Waals surface area (Å²) in [5.41, 5.74) is 6.75. The number of thioether (sulfide) groups is 1. The number of nitrogens with one attached hydrogen (secondary N) is 1. The summed E-state index contributed by atoms with van der Waals surface area (Å²) in [7, 11) is 1.55. The molecule has 0 saturated carbocycles. The third kappa shape index (κ3) is 4.14. The molecule has 0 fully saturated rings. The molecular weight excluding hydrogens is 248 g/mol. The molecule has 0 bridgehead atoms. The predicted octanol–water partition coefficient (Wildman–Crippen LogP) is 2.15. The van der Waals surface area contributed by atoms with Crippen LogP contribution in [0.4, 0.5) is 5.69 Å². The minimum atomic E-state index is -0.136. The van der Waals surface area contributed by atoms with E-state index >= 15 is 0 Å². The molecule has 0 spiro atoms. The highest BCUT2D eigenvalue weighted by Gasteiger charge is 2.17. The molecule has 1 aromatic rings. The number of amides is 1. The van der Waals surface area contributed by atoms with Gasteiger partial charge in [0.1, 0.15) is 5.75 Å². The summed E-state index contributed by atoms with van der Waals surface area (Å²) in [6.07, 6.45) is 2.02. The second kappa shape index (κ2) is 6.00. The van der Waals surface area contributed by atoms with Crippen molar-refractivity contribution in [3.05, 3.63) is 23.8 Å². The van der Waals surface area contributed by atoms with Crippen LogP contribution in [0.15, 0.2) is 18.2 Å². The van der Waals surface area contributed by atoms with Crippen molar-refractivity contribution in [3.63, 3.8) is 0 Å². The number of ether oxygens (including phenoxy) is 1. The van der Waals surface area contributed by atoms with Gasteiger partial charge < -0.3 is 15.8 Å². The van der Waals surface area contributed by atoms with E-state index in [1.54, 1.807) is 37.1 Å². The van der Waals surface area contributed by atoms with E-state index in [0.29, 0.717) is 23.5 Å². The average molecular weight is 268 g/mol. The molecule has 0 atom stereocenters. The molecule has 0 radical (unpaired) electrons. The Labute approximate surface area is 112 Å². The van der Waals surface area contributed by atoms with Crippen molar-refractivity contribution in [1.29, 1.82) is 0 Å². The van der Waals surface area contributed by atoms with Gasteiger partial charge in [-0.1, -0.05) is 0 Å². The maximum absolute atomic E-state index is 12.0. The molecule has 0 unspecified atom stereocenters. The number of hydrogen-bond acceptors (Lipinski definition) is 4. The van der Waals surface area contributed by atoms with Crippen molar-refractivity contribution in [2.75, 3.05) is 25.6 Å². The molecule has 0 saturated heterocycles. The lowest BCUT2D eigenvalue weighted by atomic mass is 10.1. The van der Waals surface area contributed by atoms with Crippen LogP contribution in [0.3, 0.4) is 0 Å². The number of carbonyl (C=O) groups excluding carboxylic acids is 1. The number of rotatable bonds is 5. The van der Waals surface area contributed by atoms with E-state index in [1.807, 2.05) is 6.26 Å². The first-order valence-electron chi connectivity index (χ1n) is 5.66. The Morgan fingerprint density at radius 3 is 2.67 bits per heavy atom. The zero-order valence-electron chi connectivity index (χ0n) is 11.2. The van der Waals surface area contributed by atoms with E-state index < -0.39 is 0 Å². The summed E-state index contributed by atoms with van der Waals surface area (Å²) in [5.74, 6) is 0.451. The summed E-state index contributed by atoms with van der Waals surface area (Å²) in [6, 6.07) is 5.00. The van der Waals surface area contributed by atoms with Gasteiger partial charge in [0.15, 0.2) is 0 Å². The van der Waals surface area contributed by atoms with Gasteiger partial charge in [-0.05, 0) is 32.2 Å². The fraction of sp³-hybridized carbons (Fsp3) is 0.462.